The Labute approximate surface area is 152 Å². The lowest BCUT2D eigenvalue weighted by Crippen LogP contribution is -2.71. The summed E-state index contributed by atoms with van der Waals surface area (Å²) in [5.41, 5.74) is 1.27. The van der Waals surface area contributed by atoms with Crippen LogP contribution in [0.15, 0.2) is 24.3 Å². The predicted molar refractivity (Wildman–Crippen MR) is 93.5 cm³/mol. The van der Waals surface area contributed by atoms with Gasteiger partial charge in [-0.1, -0.05) is 18.2 Å². The minimum atomic E-state index is -0.712. The van der Waals surface area contributed by atoms with Gasteiger partial charge in [0.05, 0.1) is 18.1 Å². The predicted octanol–water partition coefficient (Wildman–Crippen LogP) is 1.19. The van der Waals surface area contributed by atoms with Gasteiger partial charge in [0.2, 0.25) is 0 Å². The highest BCUT2D eigenvalue weighted by Crippen LogP contribution is 2.66. The van der Waals surface area contributed by atoms with Crippen LogP contribution in [0, 0.1) is 0 Å². The van der Waals surface area contributed by atoms with Gasteiger partial charge in [-0.3, -0.25) is 9.69 Å². The zero-order valence-electron chi connectivity index (χ0n) is 15.2. The number of likely N-dealkylation sites (N-methyl/N-ethyl adjacent to an activating group) is 1. The van der Waals surface area contributed by atoms with Crippen LogP contribution in [-0.2, 0) is 21.4 Å². The Morgan fingerprint density at radius 3 is 2.96 bits per heavy atom. The van der Waals surface area contributed by atoms with E-state index in [1.54, 1.807) is 13.2 Å². The van der Waals surface area contributed by atoms with Crippen LogP contribution < -0.4 is 9.47 Å². The summed E-state index contributed by atoms with van der Waals surface area (Å²) in [4.78, 5) is 14.1. The van der Waals surface area contributed by atoms with Gasteiger partial charge in [0.1, 0.15) is 18.3 Å². The normalized spacial score (nSPS) is 39.2. The third-order valence-electron chi connectivity index (χ3n) is 6.85. The minimum Gasteiger partial charge on any atom is -0.493 e. The molecule has 1 fully saturated rings. The highest BCUT2D eigenvalue weighted by molar-refractivity contribution is 5.69. The van der Waals surface area contributed by atoms with Gasteiger partial charge in [0.25, 0.3) is 0 Å². The first kappa shape index (κ1) is 16.1. The number of aliphatic hydroxyl groups is 1. The second kappa shape index (κ2) is 5.02. The Hall–Kier alpha value is -2.05. The van der Waals surface area contributed by atoms with E-state index in [1.165, 1.54) is 6.92 Å². The topological polar surface area (TPSA) is 68.2 Å². The fraction of sp³-hybridized carbons (Fsp3) is 0.550. The van der Waals surface area contributed by atoms with Crippen LogP contribution in [0.2, 0.25) is 0 Å². The Balaban J connectivity index is 1.84. The van der Waals surface area contributed by atoms with Crippen molar-refractivity contribution in [2.24, 2.45) is 0 Å². The maximum Gasteiger partial charge on any atom is 0.302 e. The summed E-state index contributed by atoms with van der Waals surface area (Å²) in [6.45, 7) is 2.29. The first-order valence-electron chi connectivity index (χ1n) is 9.08. The van der Waals surface area contributed by atoms with E-state index in [2.05, 4.69) is 18.0 Å². The first-order valence-corrected chi connectivity index (χ1v) is 9.08. The van der Waals surface area contributed by atoms with Gasteiger partial charge in [0.15, 0.2) is 11.5 Å². The summed E-state index contributed by atoms with van der Waals surface area (Å²) in [5, 5.41) is 10.8. The number of carbonyl (C=O) groups excluding carboxylic acids is 1. The van der Waals surface area contributed by atoms with E-state index in [4.69, 9.17) is 14.2 Å². The van der Waals surface area contributed by atoms with Gasteiger partial charge < -0.3 is 19.3 Å². The van der Waals surface area contributed by atoms with Crippen molar-refractivity contribution >= 4 is 5.97 Å². The molecule has 0 bridgehead atoms. The van der Waals surface area contributed by atoms with Crippen LogP contribution in [0.1, 0.15) is 24.5 Å². The van der Waals surface area contributed by atoms with Gasteiger partial charge in [-0.25, -0.2) is 0 Å². The van der Waals surface area contributed by atoms with E-state index in [0.717, 1.165) is 29.8 Å². The molecule has 2 unspecified atom stereocenters. The molecule has 4 aliphatic rings. The highest BCUT2D eigenvalue weighted by atomic mass is 16.6. The second-order valence-corrected chi connectivity index (χ2v) is 7.79. The molecule has 1 aromatic rings. The number of carbonyl (C=O) groups is 1. The Morgan fingerprint density at radius 2 is 2.23 bits per heavy atom. The summed E-state index contributed by atoms with van der Waals surface area (Å²) in [6, 6.07) is 3.94. The summed E-state index contributed by atoms with van der Waals surface area (Å²) in [5.74, 6) is 1.14. The van der Waals surface area contributed by atoms with Gasteiger partial charge >= 0.3 is 5.97 Å². The number of ether oxygens (including phenoxy) is 3. The summed E-state index contributed by atoms with van der Waals surface area (Å²) in [6.07, 6.45) is 3.85. The molecule has 0 amide bonds. The smallest absolute Gasteiger partial charge is 0.302 e. The van der Waals surface area contributed by atoms with Crippen molar-refractivity contribution < 1.29 is 24.1 Å². The number of likely N-dealkylation sites (tertiary alicyclic amines) is 1. The SMILES string of the molecule is COc1ccc2c3c1O[C@@H]1[C@H](O)C=CC4([C@H](OC(C)=O)C2)N(C)CCC314. The third kappa shape index (κ3) is 1.59. The zero-order valence-corrected chi connectivity index (χ0v) is 15.2. The van der Waals surface area contributed by atoms with Crippen molar-refractivity contribution in [2.75, 3.05) is 20.7 Å². The quantitative estimate of drug-likeness (QED) is 0.633. The molecule has 6 nitrogen and oxygen atoms in total. The van der Waals surface area contributed by atoms with E-state index >= 15 is 0 Å². The Bertz CT molecular complexity index is 836. The molecule has 1 spiro atoms. The summed E-state index contributed by atoms with van der Waals surface area (Å²) in [7, 11) is 3.70. The fourth-order valence-corrected chi connectivity index (χ4v) is 5.99. The van der Waals surface area contributed by atoms with Crippen molar-refractivity contribution in [3.8, 4) is 11.5 Å². The molecule has 0 radical (unpaired) electrons. The number of methoxy groups -OCH3 is 1. The van der Waals surface area contributed by atoms with Crippen molar-refractivity contribution in [1.29, 1.82) is 0 Å². The maximum absolute atomic E-state index is 11.9. The number of aliphatic hydroxyl groups excluding tert-OH is 1. The molecule has 5 rings (SSSR count). The molecule has 2 aliphatic carbocycles. The van der Waals surface area contributed by atoms with E-state index in [9.17, 15) is 9.90 Å². The monoisotopic (exact) mass is 357 g/mol. The number of hydrogen-bond donors (Lipinski definition) is 1. The van der Waals surface area contributed by atoms with E-state index in [-0.39, 0.29) is 12.1 Å². The number of rotatable bonds is 2. The molecular weight excluding hydrogens is 334 g/mol. The Kier molecular flexibility index (Phi) is 3.12. The number of esters is 1. The van der Waals surface area contributed by atoms with Crippen LogP contribution >= 0.6 is 0 Å². The summed E-state index contributed by atoms with van der Waals surface area (Å²) >= 11 is 0. The van der Waals surface area contributed by atoms with Crippen molar-refractivity contribution in [2.45, 2.75) is 49.0 Å². The van der Waals surface area contributed by atoms with Crippen LogP contribution in [0.25, 0.3) is 0 Å². The molecule has 0 saturated carbocycles. The second-order valence-electron chi connectivity index (χ2n) is 7.79. The van der Waals surface area contributed by atoms with E-state index in [1.807, 2.05) is 12.1 Å². The van der Waals surface area contributed by atoms with Gasteiger partial charge in [-0.05, 0) is 31.6 Å². The average Bonchev–Trinajstić information content (AvgIpc) is 3.12. The van der Waals surface area contributed by atoms with E-state index in [0.29, 0.717) is 12.2 Å². The van der Waals surface area contributed by atoms with Crippen LogP contribution in [0.4, 0.5) is 0 Å². The lowest BCUT2D eigenvalue weighted by molar-refractivity contribution is -0.158. The molecule has 2 heterocycles. The molecule has 2 aliphatic heterocycles. The number of nitrogens with zero attached hydrogens (tertiary/aromatic N) is 1. The third-order valence-corrected chi connectivity index (χ3v) is 6.85. The Morgan fingerprint density at radius 1 is 1.42 bits per heavy atom. The van der Waals surface area contributed by atoms with Crippen LogP contribution in [-0.4, -0.2) is 60.5 Å². The van der Waals surface area contributed by atoms with Gasteiger partial charge in [0, 0.05) is 18.9 Å². The lowest BCUT2D eigenvalue weighted by Gasteiger charge is -2.56. The average molecular weight is 357 g/mol. The zero-order chi connectivity index (χ0) is 18.3. The molecule has 1 aromatic carbocycles. The standard InChI is InChI=1S/C20H23NO5/c1-11(22)25-15-10-12-4-5-14(24-3)17-16(12)19-8-9-21(2)20(15,19)7-6-13(23)18(19)26-17/h4-7,13,15,18,23H,8-10H2,1-3H3/t13-,15-,18-,19?,20?/m1/s1. The molecule has 1 N–H and O–H groups in total. The van der Waals surface area contributed by atoms with Crippen molar-refractivity contribution in [1.82, 2.24) is 4.90 Å². The van der Waals surface area contributed by atoms with Crippen LogP contribution in [0.3, 0.4) is 0 Å². The van der Waals surface area contributed by atoms with E-state index < -0.39 is 23.2 Å². The molecule has 1 saturated heterocycles. The van der Waals surface area contributed by atoms with Gasteiger partial charge in [-0.15, -0.1) is 0 Å². The molecular formula is C20H23NO5. The molecule has 0 aromatic heterocycles. The fourth-order valence-electron chi connectivity index (χ4n) is 5.99. The number of benzene rings is 1. The van der Waals surface area contributed by atoms with Crippen LogP contribution in [0.5, 0.6) is 11.5 Å². The maximum atomic E-state index is 11.9. The minimum absolute atomic E-state index is 0.285. The summed E-state index contributed by atoms with van der Waals surface area (Å²) < 4.78 is 17.7. The van der Waals surface area contributed by atoms with Crippen molar-refractivity contribution in [3.05, 3.63) is 35.4 Å². The number of hydrogen-bond acceptors (Lipinski definition) is 6. The van der Waals surface area contributed by atoms with Crippen molar-refractivity contribution in [3.63, 3.8) is 0 Å². The molecule has 138 valence electrons. The molecule has 6 heteroatoms. The first-order chi connectivity index (χ1) is 12.5. The van der Waals surface area contributed by atoms with Gasteiger partial charge in [-0.2, -0.15) is 0 Å². The molecule has 26 heavy (non-hydrogen) atoms. The highest BCUT2D eigenvalue weighted by Gasteiger charge is 2.74. The molecule has 5 atom stereocenters. The largest absolute Gasteiger partial charge is 0.493 e. The lowest BCUT2D eigenvalue weighted by atomic mass is 9.53.